The zero-order valence-electron chi connectivity index (χ0n) is 11.3. The highest BCUT2D eigenvalue weighted by molar-refractivity contribution is 8.00. The van der Waals surface area contributed by atoms with E-state index in [0.29, 0.717) is 5.02 Å². The Bertz CT molecular complexity index is 680. The van der Waals surface area contributed by atoms with Crippen molar-refractivity contribution in [1.82, 2.24) is 10.9 Å². The SMILES string of the molecule is O=C(CSc1ccccc1)NNC(=O)c1cc(Cl)ccc1Cl. The fraction of sp³-hybridized carbons (Fsp3) is 0.0667. The molecule has 0 fully saturated rings. The summed E-state index contributed by atoms with van der Waals surface area (Å²) in [5.74, 6) is -0.654. The number of amides is 2. The number of hydrogen-bond donors (Lipinski definition) is 2. The predicted octanol–water partition coefficient (Wildman–Crippen LogP) is 3.55. The van der Waals surface area contributed by atoms with E-state index < -0.39 is 5.91 Å². The predicted molar refractivity (Wildman–Crippen MR) is 89.2 cm³/mol. The van der Waals surface area contributed by atoms with Crippen LogP contribution in [0.3, 0.4) is 0 Å². The summed E-state index contributed by atoms with van der Waals surface area (Å²) >= 11 is 13.1. The molecule has 0 spiro atoms. The van der Waals surface area contributed by atoms with Crippen LogP contribution in [0.15, 0.2) is 53.4 Å². The standard InChI is InChI=1S/C15H12Cl2N2O2S/c16-10-6-7-13(17)12(8-10)15(21)19-18-14(20)9-22-11-4-2-1-3-5-11/h1-8H,9H2,(H,18,20)(H,19,21). The number of hydrazine groups is 1. The lowest BCUT2D eigenvalue weighted by atomic mass is 10.2. The molecule has 0 atom stereocenters. The molecule has 0 heterocycles. The molecular formula is C15H12Cl2N2O2S. The molecule has 2 N–H and O–H groups in total. The van der Waals surface area contributed by atoms with Gasteiger partial charge in [-0.2, -0.15) is 0 Å². The molecule has 7 heteroatoms. The highest BCUT2D eigenvalue weighted by atomic mass is 35.5. The van der Waals surface area contributed by atoms with Gasteiger partial charge in [-0.3, -0.25) is 20.4 Å². The minimum Gasteiger partial charge on any atom is -0.272 e. The third kappa shape index (κ3) is 4.94. The first-order valence-corrected chi connectivity index (χ1v) is 8.02. The molecule has 0 aliphatic heterocycles. The molecule has 0 radical (unpaired) electrons. The van der Waals surface area contributed by atoms with Gasteiger partial charge >= 0.3 is 0 Å². The van der Waals surface area contributed by atoms with Crippen molar-refractivity contribution in [2.45, 2.75) is 4.90 Å². The van der Waals surface area contributed by atoms with Gasteiger partial charge in [-0.15, -0.1) is 11.8 Å². The third-order valence-corrected chi connectivity index (χ3v) is 4.18. The highest BCUT2D eigenvalue weighted by Gasteiger charge is 2.12. The topological polar surface area (TPSA) is 58.2 Å². The molecule has 0 saturated carbocycles. The van der Waals surface area contributed by atoms with E-state index in [1.54, 1.807) is 6.07 Å². The van der Waals surface area contributed by atoms with E-state index in [9.17, 15) is 9.59 Å². The van der Waals surface area contributed by atoms with Crippen molar-refractivity contribution in [3.05, 3.63) is 64.1 Å². The van der Waals surface area contributed by atoms with Crippen molar-refractivity contribution in [2.75, 3.05) is 5.75 Å². The van der Waals surface area contributed by atoms with Gasteiger partial charge in [-0.25, -0.2) is 0 Å². The second-order valence-electron chi connectivity index (χ2n) is 4.23. The van der Waals surface area contributed by atoms with E-state index in [1.807, 2.05) is 30.3 Å². The second-order valence-corrected chi connectivity index (χ2v) is 6.12. The van der Waals surface area contributed by atoms with Crippen molar-refractivity contribution in [3.63, 3.8) is 0 Å². The summed E-state index contributed by atoms with van der Waals surface area (Å²) in [5.41, 5.74) is 4.84. The Morgan fingerprint density at radius 2 is 1.73 bits per heavy atom. The number of halogens is 2. The van der Waals surface area contributed by atoms with Gasteiger partial charge in [0.15, 0.2) is 0 Å². The van der Waals surface area contributed by atoms with Crippen LogP contribution in [0, 0.1) is 0 Å². The van der Waals surface area contributed by atoms with E-state index in [-0.39, 0.29) is 22.2 Å². The second kappa shape index (κ2) is 8.08. The first kappa shape index (κ1) is 16.7. The van der Waals surface area contributed by atoms with Crippen LogP contribution in [0.5, 0.6) is 0 Å². The zero-order valence-corrected chi connectivity index (χ0v) is 13.6. The van der Waals surface area contributed by atoms with Crippen LogP contribution in [0.2, 0.25) is 10.0 Å². The number of benzene rings is 2. The van der Waals surface area contributed by atoms with Gasteiger partial charge in [0.2, 0.25) is 5.91 Å². The molecule has 0 unspecified atom stereocenters. The van der Waals surface area contributed by atoms with Crippen LogP contribution in [0.25, 0.3) is 0 Å². The Balaban J connectivity index is 1.83. The van der Waals surface area contributed by atoms with E-state index >= 15 is 0 Å². The molecule has 0 saturated heterocycles. The van der Waals surface area contributed by atoms with Crippen molar-refractivity contribution >= 4 is 46.8 Å². The number of hydrogen-bond acceptors (Lipinski definition) is 3. The van der Waals surface area contributed by atoms with Crippen molar-refractivity contribution < 1.29 is 9.59 Å². The Labute approximate surface area is 142 Å². The molecule has 22 heavy (non-hydrogen) atoms. The quantitative estimate of drug-likeness (QED) is 0.652. The van der Waals surface area contributed by atoms with E-state index in [1.165, 1.54) is 23.9 Å². The largest absolute Gasteiger partial charge is 0.272 e. The van der Waals surface area contributed by atoms with Gasteiger partial charge < -0.3 is 0 Å². The molecule has 0 aliphatic carbocycles. The fourth-order valence-electron chi connectivity index (χ4n) is 1.57. The van der Waals surface area contributed by atoms with Gasteiger partial charge in [0, 0.05) is 9.92 Å². The monoisotopic (exact) mass is 354 g/mol. The first-order chi connectivity index (χ1) is 10.6. The van der Waals surface area contributed by atoms with Crippen LogP contribution < -0.4 is 10.9 Å². The Kier molecular flexibility index (Phi) is 6.12. The maximum atomic E-state index is 11.9. The lowest BCUT2D eigenvalue weighted by Crippen LogP contribution is -2.42. The van der Waals surface area contributed by atoms with Crippen LogP contribution in [-0.2, 0) is 4.79 Å². The molecule has 0 bridgehead atoms. The van der Waals surface area contributed by atoms with Gasteiger partial charge in [-0.05, 0) is 30.3 Å². The average molecular weight is 355 g/mol. The molecule has 4 nitrogen and oxygen atoms in total. The summed E-state index contributed by atoms with van der Waals surface area (Å²) < 4.78 is 0. The summed E-state index contributed by atoms with van der Waals surface area (Å²) in [6.45, 7) is 0. The smallest absolute Gasteiger partial charge is 0.271 e. The van der Waals surface area contributed by atoms with E-state index in [2.05, 4.69) is 10.9 Å². The molecule has 0 aromatic heterocycles. The third-order valence-electron chi connectivity index (χ3n) is 2.60. The number of rotatable bonds is 4. The Morgan fingerprint density at radius 3 is 2.45 bits per heavy atom. The number of carbonyl (C=O) groups is 2. The molecule has 114 valence electrons. The van der Waals surface area contributed by atoms with Gasteiger partial charge in [0.25, 0.3) is 5.91 Å². The maximum absolute atomic E-state index is 11.9. The molecule has 2 rings (SSSR count). The molecular weight excluding hydrogens is 343 g/mol. The van der Waals surface area contributed by atoms with Crippen LogP contribution in [-0.4, -0.2) is 17.6 Å². The summed E-state index contributed by atoms with van der Waals surface area (Å²) in [4.78, 5) is 24.6. The maximum Gasteiger partial charge on any atom is 0.271 e. The summed E-state index contributed by atoms with van der Waals surface area (Å²) in [6, 6.07) is 14.0. The van der Waals surface area contributed by atoms with Crippen molar-refractivity contribution in [3.8, 4) is 0 Å². The normalized spacial score (nSPS) is 10.1. The van der Waals surface area contributed by atoms with Crippen molar-refractivity contribution in [1.29, 1.82) is 0 Å². The van der Waals surface area contributed by atoms with Crippen LogP contribution in [0.1, 0.15) is 10.4 Å². The van der Waals surface area contributed by atoms with E-state index in [4.69, 9.17) is 23.2 Å². The Morgan fingerprint density at radius 1 is 1.00 bits per heavy atom. The highest BCUT2D eigenvalue weighted by Crippen LogP contribution is 2.20. The zero-order chi connectivity index (χ0) is 15.9. The lowest BCUT2D eigenvalue weighted by molar-refractivity contribution is -0.119. The summed E-state index contributed by atoms with van der Waals surface area (Å²) in [5, 5.41) is 0.648. The van der Waals surface area contributed by atoms with Gasteiger partial charge in [-0.1, -0.05) is 41.4 Å². The van der Waals surface area contributed by atoms with Gasteiger partial charge in [0.05, 0.1) is 16.3 Å². The average Bonchev–Trinajstić information content (AvgIpc) is 2.54. The number of carbonyl (C=O) groups excluding carboxylic acids is 2. The minimum atomic E-state index is -0.523. The van der Waals surface area contributed by atoms with Gasteiger partial charge in [0.1, 0.15) is 0 Å². The molecule has 0 aliphatic rings. The molecule has 2 amide bonds. The fourth-order valence-corrected chi connectivity index (χ4v) is 2.66. The number of thioether (sulfide) groups is 1. The summed E-state index contributed by atoms with van der Waals surface area (Å²) in [6.07, 6.45) is 0. The van der Waals surface area contributed by atoms with Crippen molar-refractivity contribution in [2.24, 2.45) is 0 Å². The Hall–Kier alpha value is -1.69. The first-order valence-electron chi connectivity index (χ1n) is 6.28. The van der Waals surface area contributed by atoms with E-state index in [0.717, 1.165) is 4.90 Å². The van der Waals surface area contributed by atoms with Crippen LogP contribution >= 0.6 is 35.0 Å². The minimum absolute atomic E-state index is 0.188. The lowest BCUT2D eigenvalue weighted by Gasteiger charge is -2.08. The molecule has 2 aromatic rings. The number of nitrogens with one attached hydrogen (secondary N) is 2. The molecule has 2 aromatic carbocycles. The summed E-state index contributed by atoms with van der Waals surface area (Å²) in [7, 11) is 0. The van der Waals surface area contributed by atoms with Crippen LogP contribution in [0.4, 0.5) is 0 Å².